The molecule has 0 fully saturated rings. The molecule has 152 valence electrons. The number of hydrogen-bond donors (Lipinski definition) is 0. The molecular weight excluding hydrogens is 389 g/mol. The second-order valence-electron chi connectivity index (χ2n) is 13.5. The van der Waals surface area contributed by atoms with Crippen LogP contribution in [0.5, 0.6) is 0 Å². The van der Waals surface area contributed by atoms with Gasteiger partial charge >= 0.3 is 0 Å². The predicted molar refractivity (Wildman–Crippen MR) is 135 cm³/mol. The first-order chi connectivity index (χ1) is 12.0. The van der Waals surface area contributed by atoms with Crippen LogP contribution in [0.15, 0.2) is 32.9 Å². The van der Waals surface area contributed by atoms with E-state index in [2.05, 4.69) is 90.7 Å². The van der Waals surface area contributed by atoms with E-state index >= 15 is 0 Å². The van der Waals surface area contributed by atoms with Crippen LogP contribution in [0.2, 0.25) is 78.6 Å². The van der Waals surface area contributed by atoms with Crippen molar-refractivity contribution in [1.29, 1.82) is 0 Å². The highest BCUT2D eigenvalue weighted by Gasteiger charge is 2.59. The van der Waals surface area contributed by atoms with Gasteiger partial charge in [0.1, 0.15) is 0 Å². The summed E-state index contributed by atoms with van der Waals surface area (Å²) in [6.45, 7) is 31.8. The van der Waals surface area contributed by atoms with Crippen molar-refractivity contribution in [2.75, 3.05) is 0 Å². The number of rotatable bonds is 4. The fourth-order valence-corrected chi connectivity index (χ4v) is 20.4. The summed E-state index contributed by atoms with van der Waals surface area (Å²) in [5.74, 6) is 3.29. The first kappa shape index (κ1) is 21.8. The minimum absolute atomic E-state index is 0.778. The minimum Gasteiger partial charge on any atom is -0.0879 e. The third-order valence-corrected chi connectivity index (χ3v) is 16.4. The van der Waals surface area contributed by atoms with Gasteiger partial charge in [0.05, 0.1) is 32.3 Å². The summed E-state index contributed by atoms with van der Waals surface area (Å²) in [7, 11) is -5.46. The van der Waals surface area contributed by atoms with Crippen LogP contribution in [-0.4, -0.2) is 32.3 Å². The molecule has 4 aliphatic rings. The third-order valence-electron chi connectivity index (χ3n) is 7.13. The van der Waals surface area contributed by atoms with Crippen molar-refractivity contribution in [1.82, 2.24) is 0 Å². The zero-order valence-corrected chi connectivity index (χ0v) is 24.2. The van der Waals surface area contributed by atoms with Gasteiger partial charge in [-0.05, 0) is 24.2 Å². The average molecular weight is 433 g/mol. The second-order valence-corrected chi connectivity index (χ2v) is 33.7. The average Bonchev–Trinajstić information content (AvgIpc) is 2.91. The molecule has 0 heterocycles. The van der Waals surface area contributed by atoms with Crippen LogP contribution < -0.4 is 0 Å². The van der Waals surface area contributed by atoms with Crippen molar-refractivity contribution < 1.29 is 0 Å². The highest BCUT2D eigenvalue weighted by atomic mass is 28.3. The molecule has 0 spiro atoms. The van der Waals surface area contributed by atoms with Gasteiger partial charge in [-0.1, -0.05) is 112 Å². The van der Waals surface area contributed by atoms with Crippen LogP contribution in [0.3, 0.4) is 0 Å². The van der Waals surface area contributed by atoms with E-state index in [1.807, 2.05) is 20.8 Å². The maximum absolute atomic E-state index is 2.66. The van der Waals surface area contributed by atoms with Crippen molar-refractivity contribution in [3.8, 4) is 0 Å². The molecule has 0 saturated heterocycles. The van der Waals surface area contributed by atoms with E-state index in [9.17, 15) is 0 Å². The third kappa shape index (κ3) is 3.47. The molecule has 4 aliphatic carbocycles. The van der Waals surface area contributed by atoms with Crippen LogP contribution in [0.25, 0.3) is 0 Å². The summed E-state index contributed by atoms with van der Waals surface area (Å²) in [5.41, 5.74) is 0. The smallest absolute Gasteiger partial charge is 0.0727 e. The Balaban J connectivity index is 2.44. The molecule has 4 rings (SSSR count). The minimum atomic E-state index is -1.37. The molecule has 0 amide bonds. The van der Waals surface area contributed by atoms with E-state index in [0.717, 1.165) is 23.7 Å². The van der Waals surface area contributed by atoms with Gasteiger partial charge in [0.2, 0.25) is 0 Å². The van der Waals surface area contributed by atoms with E-state index in [0.29, 0.717) is 0 Å². The fraction of sp³-hybridized carbons (Fsp3) is 0.739. The Labute approximate surface area is 173 Å². The molecule has 0 N–H and O–H groups in total. The Bertz CT molecular complexity index is 676. The van der Waals surface area contributed by atoms with Crippen molar-refractivity contribution in [3.63, 3.8) is 0 Å². The number of hydrogen-bond acceptors (Lipinski definition) is 0. The first-order valence-electron chi connectivity index (χ1n) is 11.1. The van der Waals surface area contributed by atoms with Gasteiger partial charge in [-0.2, -0.15) is 0 Å². The number of allylic oxidation sites excluding steroid dienone is 6. The second kappa shape index (κ2) is 6.29. The van der Waals surface area contributed by atoms with Crippen molar-refractivity contribution in [2.24, 2.45) is 23.7 Å². The lowest BCUT2D eigenvalue weighted by Crippen LogP contribution is -2.58. The Hall–Kier alpha value is 0.0875. The molecule has 0 nitrogen and oxygen atoms in total. The maximum Gasteiger partial charge on any atom is 0.0727 e. The van der Waals surface area contributed by atoms with Gasteiger partial charge in [0.15, 0.2) is 0 Å². The molecule has 2 unspecified atom stereocenters. The molecule has 4 heteroatoms. The topological polar surface area (TPSA) is 0 Å². The van der Waals surface area contributed by atoms with E-state index in [1.54, 1.807) is 0 Å². The molecule has 27 heavy (non-hydrogen) atoms. The van der Waals surface area contributed by atoms with E-state index in [1.165, 1.54) is 6.42 Å². The summed E-state index contributed by atoms with van der Waals surface area (Å²) in [6, 6.07) is 0. The molecule has 2 bridgehead atoms. The summed E-state index contributed by atoms with van der Waals surface area (Å²) in [5, 5.41) is 8.13. The van der Waals surface area contributed by atoms with E-state index in [4.69, 9.17) is 0 Å². The van der Waals surface area contributed by atoms with Crippen LogP contribution >= 0.6 is 0 Å². The normalized spacial score (nSPS) is 31.9. The standard InChI is InChI=1S/C23H44Si4/c1-24(2,3)20-18-16-14-13-15-17(16)19(21(20)25(4,5)6)23(27(10,11)12)22(18)26(7,8)9/h13-14,16-19H,15H2,1-12H3. The fourth-order valence-electron chi connectivity index (χ4n) is 6.66. The van der Waals surface area contributed by atoms with E-state index in [-0.39, 0.29) is 0 Å². The largest absolute Gasteiger partial charge is 0.0879 e. The first-order valence-corrected chi connectivity index (χ1v) is 25.1. The molecule has 0 saturated carbocycles. The van der Waals surface area contributed by atoms with Crippen molar-refractivity contribution >= 4 is 32.3 Å². The Morgan fingerprint density at radius 1 is 0.556 bits per heavy atom. The maximum atomic E-state index is 2.66. The predicted octanol–water partition coefficient (Wildman–Crippen LogP) is 7.54. The van der Waals surface area contributed by atoms with Gasteiger partial charge in [-0.15, -0.1) is 0 Å². The summed E-state index contributed by atoms with van der Waals surface area (Å²) < 4.78 is 0. The van der Waals surface area contributed by atoms with Crippen LogP contribution in [0, 0.1) is 23.7 Å². The van der Waals surface area contributed by atoms with Crippen molar-refractivity contribution in [3.05, 3.63) is 32.9 Å². The van der Waals surface area contributed by atoms with Crippen LogP contribution in [-0.2, 0) is 0 Å². The van der Waals surface area contributed by atoms with Gasteiger partial charge in [-0.3, -0.25) is 0 Å². The van der Waals surface area contributed by atoms with Crippen LogP contribution in [0.1, 0.15) is 6.42 Å². The lowest BCUT2D eigenvalue weighted by atomic mass is 9.66. The SMILES string of the molecule is C[Si](C)(C)C1=C([Si](C)(C)C)C2C([Si](C)(C)C)=C([Si](C)(C)C)C1C1C=CCC21. The molecule has 0 aromatic rings. The van der Waals surface area contributed by atoms with Gasteiger partial charge in [-0.25, -0.2) is 0 Å². The molecule has 0 radical (unpaired) electrons. The molecule has 0 aromatic heterocycles. The van der Waals surface area contributed by atoms with Crippen molar-refractivity contribution in [2.45, 2.75) is 85.0 Å². The zero-order valence-electron chi connectivity index (χ0n) is 20.2. The molecule has 2 atom stereocenters. The van der Waals surface area contributed by atoms with Gasteiger partial charge < -0.3 is 0 Å². The molecule has 0 aromatic carbocycles. The molecular formula is C23H44Si4. The highest BCUT2D eigenvalue weighted by molar-refractivity contribution is 6.93. The molecule has 0 aliphatic heterocycles. The van der Waals surface area contributed by atoms with E-state index < -0.39 is 32.3 Å². The Morgan fingerprint density at radius 3 is 1.22 bits per heavy atom. The monoisotopic (exact) mass is 432 g/mol. The Kier molecular flexibility index (Phi) is 5.08. The Morgan fingerprint density at radius 2 is 0.889 bits per heavy atom. The summed E-state index contributed by atoms with van der Waals surface area (Å²) in [6.07, 6.45) is 6.55. The highest BCUT2D eigenvalue weighted by Crippen LogP contribution is 2.63. The van der Waals surface area contributed by atoms with Crippen LogP contribution in [0.4, 0.5) is 0 Å². The quantitative estimate of drug-likeness (QED) is 0.318. The summed E-state index contributed by atoms with van der Waals surface area (Å²) >= 11 is 0. The zero-order chi connectivity index (χ0) is 20.7. The van der Waals surface area contributed by atoms with Gasteiger partial charge in [0, 0.05) is 5.92 Å². The summed E-state index contributed by atoms with van der Waals surface area (Å²) in [4.78, 5) is 0. The lowest BCUT2D eigenvalue weighted by molar-refractivity contribution is 0.270. The van der Waals surface area contributed by atoms with Gasteiger partial charge in [0.25, 0.3) is 0 Å². The lowest BCUT2D eigenvalue weighted by Gasteiger charge is -2.60.